The molecule has 1 aliphatic rings. The van der Waals surface area contributed by atoms with Gasteiger partial charge >= 0.3 is 0 Å². The molecule has 0 aromatic heterocycles. The summed E-state index contributed by atoms with van der Waals surface area (Å²) in [5.41, 5.74) is 0.521. The van der Waals surface area contributed by atoms with Crippen LogP contribution in [0.4, 0.5) is 8.78 Å². The van der Waals surface area contributed by atoms with Gasteiger partial charge < -0.3 is 0 Å². The lowest BCUT2D eigenvalue weighted by Crippen LogP contribution is -2.06. The number of carbonyl (C=O) groups excluding carboxylic acids is 1. The third kappa shape index (κ3) is 2.86. The monoisotopic (exact) mass is 314 g/mol. The van der Waals surface area contributed by atoms with E-state index in [9.17, 15) is 13.6 Å². The molecule has 96 valence electrons. The predicted octanol–water partition coefficient (Wildman–Crippen LogP) is 4.80. The Kier molecular flexibility index (Phi) is 4.27. The fourth-order valence-corrected chi connectivity index (χ4v) is 2.49. The van der Waals surface area contributed by atoms with E-state index in [4.69, 9.17) is 0 Å². The molecule has 0 aliphatic heterocycles. The van der Waals surface area contributed by atoms with Crippen molar-refractivity contribution >= 4 is 21.7 Å². The van der Waals surface area contributed by atoms with E-state index in [1.807, 2.05) is 0 Å². The van der Waals surface area contributed by atoms with Crippen molar-refractivity contribution < 1.29 is 13.6 Å². The first-order valence-electron chi connectivity index (χ1n) is 5.97. The Morgan fingerprint density at radius 1 is 1.17 bits per heavy atom. The van der Waals surface area contributed by atoms with E-state index in [2.05, 4.69) is 15.9 Å². The first-order valence-corrected chi connectivity index (χ1v) is 6.76. The second-order valence-corrected chi connectivity index (χ2v) is 5.30. The standard InChI is InChI=1S/C14H13BrF2O/c15-10-6-7-11(16)13(14(10)17)12(18)8-9-4-2-1-3-5-9/h6-8H,1-5H2. The van der Waals surface area contributed by atoms with E-state index < -0.39 is 23.0 Å². The van der Waals surface area contributed by atoms with Crippen LogP contribution >= 0.6 is 15.9 Å². The normalized spacial score (nSPS) is 15.6. The van der Waals surface area contributed by atoms with Gasteiger partial charge in [0.2, 0.25) is 0 Å². The Bertz CT molecular complexity index is 501. The summed E-state index contributed by atoms with van der Waals surface area (Å²) in [6.07, 6.45) is 6.34. The number of carbonyl (C=O) groups is 1. The molecule has 18 heavy (non-hydrogen) atoms. The second-order valence-electron chi connectivity index (χ2n) is 4.45. The van der Waals surface area contributed by atoms with Crippen molar-refractivity contribution in [2.24, 2.45) is 0 Å². The quantitative estimate of drug-likeness (QED) is 0.435. The highest BCUT2D eigenvalue weighted by atomic mass is 79.9. The lowest BCUT2D eigenvalue weighted by Gasteiger charge is -2.13. The van der Waals surface area contributed by atoms with Crippen LogP contribution in [0, 0.1) is 11.6 Å². The summed E-state index contributed by atoms with van der Waals surface area (Å²) in [6, 6.07) is 2.36. The van der Waals surface area contributed by atoms with Crippen LogP contribution in [0.3, 0.4) is 0 Å². The van der Waals surface area contributed by atoms with Crippen LogP contribution in [-0.2, 0) is 0 Å². The molecular formula is C14H13BrF2O. The van der Waals surface area contributed by atoms with E-state index in [0.717, 1.165) is 43.7 Å². The Balaban J connectivity index is 2.31. The molecule has 0 unspecified atom stereocenters. The van der Waals surface area contributed by atoms with E-state index in [0.29, 0.717) is 0 Å². The molecule has 0 N–H and O–H groups in total. The van der Waals surface area contributed by atoms with Gasteiger partial charge in [-0.3, -0.25) is 4.79 Å². The molecule has 0 atom stereocenters. The Morgan fingerprint density at radius 3 is 2.50 bits per heavy atom. The summed E-state index contributed by atoms with van der Waals surface area (Å²) in [5.74, 6) is -2.22. The molecule has 0 heterocycles. The molecule has 1 fully saturated rings. The fourth-order valence-electron chi connectivity index (χ4n) is 2.16. The lowest BCUT2D eigenvalue weighted by molar-refractivity contribution is 0.103. The zero-order chi connectivity index (χ0) is 13.1. The van der Waals surface area contributed by atoms with E-state index in [1.165, 1.54) is 12.1 Å². The maximum atomic E-state index is 13.7. The van der Waals surface area contributed by atoms with Crippen LogP contribution in [0.5, 0.6) is 0 Å². The van der Waals surface area contributed by atoms with E-state index in [1.54, 1.807) is 0 Å². The second kappa shape index (κ2) is 5.74. The van der Waals surface area contributed by atoms with Gasteiger partial charge in [0.15, 0.2) is 11.6 Å². The number of halogens is 3. The Labute approximate surface area is 113 Å². The van der Waals surface area contributed by atoms with Crippen molar-refractivity contribution in [2.75, 3.05) is 0 Å². The van der Waals surface area contributed by atoms with Crippen LogP contribution in [-0.4, -0.2) is 5.78 Å². The average molecular weight is 315 g/mol. The summed E-state index contributed by atoms with van der Waals surface area (Å²) in [6.45, 7) is 0. The highest BCUT2D eigenvalue weighted by molar-refractivity contribution is 9.10. The molecule has 2 rings (SSSR count). The molecule has 0 bridgehead atoms. The average Bonchev–Trinajstić information content (AvgIpc) is 2.36. The summed E-state index contributed by atoms with van der Waals surface area (Å²) in [5, 5.41) is 0. The first kappa shape index (κ1) is 13.4. The van der Waals surface area contributed by atoms with Crippen LogP contribution < -0.4 is 0 Å². The lowest BCUT2D eigenvalue weighted by atomic mass is 9.93. The number of hydrogen-bond acceptors (Lipinski definition) is 1. The SMILES string of the molecule is O=C(C=C1CCCCC1)c1c(F)ccc(Br)c1F. The van der Waals surface area contributed by atoms with Gasteiger partial charge in [0, 0.05) is 0 Å². The molecule has 0 saturated heterocycles. The molecular weight excluding hydrogens is 302 g/mol. The minimum Gasteiger partial charge on any atom is -0.289 e. The molecule has 1 saturated carbocycles. The van der Waals surface area contributed by atoms with Crippen LogP contribution in [0.25, 0.3) is 0 Å². The number of benzene rings is 1. The zero-order valence-corrected chi connectivity index (χ0v) is 11.4. The maximum Gasteiger partial charge on any atom is 0.191 e. The largest absolute Gasteiger partial charge is 0.289 e. The molecule has 1 nitrogen and oxygen atoms in total. The van der Waals surface area contributed by atoms with Gasteiger partial charge in [-0.15, -0.1) is 0 Å². The minimum absolute atomic E-state index is 0.106. The zero-order valence-electron chi connectivity index (χ0n) is 9.81. The smallest absolute Gasteiger partial charge is 0.191 e. The van der Waals surface area contributed by atoms with E-state index in [-0.39, 0.29) is 4.47 Å². The van der Waals surface area contributed by atoms with Gasteiger partial charge in [0.05, 0.1) is 10.0 Å². The maximum absolute atomic E-state index is 13.7. The highest BCUT2D eigenvalue weighted by Crippen LogP contribution is 2.26. The summed E-state index contributed by atoms with van der Waals surface area (Å²) in [4.78, 5) is 11.9. The van der Waals surface area contributed by atoms with Crippen molar-refractivity contribution in [3.63, 3.8) is 0 Å². The van der Waals surface area contributed by atoms with Crippen molar-refractivity contribution in [2.45, 2.75) is 32.1 Å². The van der Waals surface area contributed by atoms with Gasteiger partial charge in [-0.1, -0.05) is 12.0 Å². The third-order valence-electron chi connectivity index (χ3n) is 3.12. The summed E-state index contributed by atoms with van der Waals surface area (Å²) in [7, 11) is 0. The highest BCUT2D eigenvalue weighted by Gasteiger charge is 2.19. The van der Waals surface area contributed by atoms with Crippen molar-refractivity contribution in [1.82, 2.24) is 0 Å². The van der Waals surface area contributed by atoms with Crippen LogP contribution in [0.1, 0.15) is 42.5 Å². The summed E-state index contributed by atoms with van der Waals surface area (Å²) >= 11 is 2.96. The fraction of sp³-hybridized carbons (Fsp3) is 0.357. The van der Waals surface area contributed by atoms with Crippen molar-refractivity contribution in [3.8, 4) is 0 Å². The third-order valence-corrected chi connectivity index (χ3v) is 3.73. The number of allylic oxidation sites excluding steroid dienone is 2. The first-order chi connectivity index (χ1) is 8.59. The van der Waals surface area contributed by atoms with Gasteiger partial charge in [0.25, 0.3) is 0 Å². The molecule has 4 heteroatoms. The summed E-state index contributed by atoms with van der Waals surface area (Å²) < 4.78 is 27.4. The van der Waals surface area contributed by atoms with Gasteiger partial charge in [-0.2, -0.15) is 0 Å². The van der Waals surface area contributed by atoms with Gasteiger partial charge in [-0.05, 0) is 59.8 Å². The Hall–Kier alpha value is -1.03. The van der Waals surface area contributed by atoms with Gasteiger partial charge in [-0.25, -0.2) is 8.78 Å². The molecule has 1 aliphatic carbocycles. The van der Waals surface area contributed by atoms with E-state index >= 15 is 0 Å². The predicted molar refractivity (Wildman–Crippen MR) is 69.6 cm³/mol. The van der Waals surface area contributed by atoms with Gasteiger partial charge in [0.1, 0.15) is 5.82 Å². The van der Waals surface area contributed by atoms with Crippen LogP contribution in [0.2, 0.25) is 0 Å². The Morgan fingerprint density at radius 2 is 1.83 bits per heavy atom. The number of rotatable bonds is 2. The molecule has 0 radical (unpaired) electrons. The minimum atomic E-state index is -0.826. The number of ketones is 1. The number of hydrogen-bond donors (Lipinski definition) is 0. The molecule has 1 aromatic carbocycles. The molecule has 1 aromatic rings. The van der Waals surface area contributed by atoms with Crippen molar-refractivity contribution in [3.05, 3.63) is 45.5 Å². The van der Waals surface area contributed by atoms with Crippen LogP contribution in [0.15, 0.2) is 28.3 Å². The molecule has 0 amide bonds. The van der Waals surface area contributed by atoms with Crippen molar-refractivity contribution in [1.29, 1.82) is 0 Å². The topological polar surface area (TPSA) is 17.1 Å². The molecule has 0 spiro atoms.